The van der Waals surface area contributed by atoms with Crippen LogP contribution in [0.4, 0.5) is 0 Å². The minimum Gasteiger partial charge on any atom is -0.384 e. The van der Waals surface area contributed by atoms with Crippen LogP contribution in [-0.2, 0) is 6.54 Å². The lowest BCUT2D eigenvalue weighted by Crippen LogP contribution is -2.38. The van der Waals surface area contributed by atoms with Crippen molar-refractivity contribution in [3.8, 4) is 11.8 Å². The van der Waals surface area contributed by atoms with Gasteiger partial charge in [0.15, 0.2) is 0 Å². The molecule has 1 N–H and O–H groups in total. The van der Waals surface area contributed by atoms with Crippen LogP contribution in [0.3, 0.4) is 0 Å². The van der Waals surface area contributed by atoms with E-state index in [4.69, 9.17) is 5.11 Å². The standard InChI is InChI=1S/C15H21NOS/c1-12-8-13(2)10-16(9-12)11-15-14(4-3-6-17)5-7-18-15/h5,7,12-13,17H,6,8-11H2,1-2H3. The van der Waals surface area contributed by atoms with E-state index in [-0.39, 0.29) is 6.61 Å². The van der Waals surface area contributed by atoms with Crippen LogP contribution in [0.25, 0.3) is 0 Å². The molecule has 0 bridgehead atoms. The number of piperidine rings is 1. The Balaban J connectivity index is 2.02. The van der Waals surface area contributed by atoms with Gasteiger partial charge in [-0.1, -0.05) is 25.7 Å². The molecule has 1 saturated heterocycles. The first-order chi connectivity index (χ1) is 8.69. The van der Waals surface area contributed by atoms with Crippen molar-refractivity contribution in [1.82, 2.24) is 4.90 Å². The van der Waals surface area contributed by atoms with Gasteiger partial charge in [-0.05, 0) is 29.7 Å². The van der Waals surface area contributed by atoms with Gasteiger partial charge in [0.25, 0.3) is 0 Å². The number of aliphatic hydroxyl groups excluding tert-OH is 1. The summed E-state index contributed by atoms with van der Waals surface area (Å²) in [5.74, 6) is 7.36. The van der Waals surface area contributed by atoms with Crippen LogP contribution in [0.5, 0.6) is 0 Å². The zero-order valence-electron chi connectivity index (χ0n) is 11.1. The Morgan fingerprint density at radius 2 is 2.11 bits per heavy atom. The Morgan fingerprint density at radius 1 is 1.39 bits per heavy atom. The molecule has 0 spiro atoms. The van der Waals surface area contributed by atoms with Crippen molar-refractivity contribution >= 4 is 11.3 Å². The van der Waals surface area contributed by atoms with Crippen molar-refractivity contribution in [2.45, 2.75) is 26.8 Å². The molecule has 0 aromatic carbocycles. The molecule has 18 heavy (non-hydrogen) atoms. The van der Waals surface area contributed by atoms with Gasteiger partial charge in [-0.2, -0.15) is 0 Å². The summed E-state index contributed by atoms with van der Waals surface area (Å²) >= 11 is 1.77. The average molecular weight is 263 g/mol. The fourth-order valence-corrected chi connectivity index (χ4v) is 3.70. The highest BCUT2D eigenvalue weighted by atomic mass is 32.1. The van der Waals surface area contributed by atoms with Crippen LogP contribution >= 0.6 is 11.3 Å². The molecule has 2 nitrogen and oxygen atoms in total. The first-order valence-corrected chi connectivity index (χ1v) is 7.45. The highest BCUT2D eigenvalue weighted by Gasteiger charge is 2.22. The van der Waals surface area contributed by atoms with E-state index in [2.05, 4.69) is 42.0 Å². The van der Waals surface area contributed by atoms with Crippen LogP contribution in [0.15, 0.2) is 11.4 Å². The fraction of sp³-hybridized carbons (Fsp3) is 0.600. The summed E-state index contributed by atoms with van der Waals surface area (Å²) < 4.78 is 0. The molecule has 1 fully saturated rings. The van der Waals surface area contributed by atoms with Crippen molar-refractivity contribution in [1.29, 1.82) is 0 Å². The van der Waals surface area contributed by atoms with Crippen molar-refractivity contribution in [3.05, 3.63) is 21.9 Å². The second kappa shape index (κ2) is 6.38. The molecule has 2 rings (SSSR count). The molecule has 0 aliphatic carbocycles. The lowest BCUT2D eigenvalue weighted by atomic mass is 9.92. The maximum Gasteiger partial charge on any atom is 0.104 e. The van der Waals surface area contributed by atoms with Crippen molar-refractivity contribution < 1.29 is 5.11 Å². The fourth-order valence-electron chi connectivity index (χ4n) is 2.83. The smallest absolute Gasteiger partial charge is 0.104 e. The number of hydrogen-bond acceptors (Lipinski definition) is 3. The van der Waals surface area contributed by atoms with Gasteiger partial charge in [0.05, 0.1) is 0 Å². The van der Waals surface area contributed by atoms with Gasteiger partial charge in [-0.15, -0.1) is 11.3 Å². The predicted octanol–water partition coefficient (Wildman–Crippen LogP) is 2.57. The second-order valence-corrected chi connectivity index (χ2v) is 6.36. The summed E-state index contributed by atoms with van der Waals surface area (Å²) in [4.78, 5) is 3.87. The third-order valence-corrected chi connectivity index (χ3v) is 4.26. The predicted molar refractivity (Wildman–Crippen MR) is 76.5 cm³/mol. The lowest BCUT2D eigenvalue weighted by Gasteiger charge is -2.34. The van der Waals surface area contributed by atoms with Gasteiger partial charge in [-0.25, -0.2) is 0 Å². The first-order valence-electron chi connectivity index (χ1n) is 6.57. The summed E-state index contributed by atoms with van der Waals surface area (Å²) in [6.07, 6.45) is 1.35. The largest absolute Gasteiger partial charge is 0.384 e. The molecule has 98 valence electrons. The van der Waals surface area contributed by atoms with E-state index >= 15 is 0 Å². The molecule has 0 radical (unpaired) electrons. The second-order valence-electron chi connectivity index (χ2n) is 5.36. The quantitative estimate of drug-likeness (QED) is 0.829. The summed E-state index contributed by atoms with van der Waals surface area (Å²) in [5, 5.41) is 10.9. The van der Waals surface area contributed by atoms with Gasteiger partial charge in [0.1, 0.15) is 6.61 Å². The van der Waals surface area contributed by atoms with Crippen LogP contribution in [-0.4, -0.2) is 29.7 Å². The van der Waals surface area contributed by atoms with Gasteiger partial charge in [-0.3, -0.25) is 4.90 Å². The van der Waals surface area contributed by atoms with Crippen molar-refractivity contribution in [2.75, 3.05) is 19.7 Å². The molecule has 2 heterocycles. The van der Waals surface area contributed by atoms with Crippen LogP contribution in [0, 0.1) is 23.7 Å². The summed E-state index contributed by atoms with van der Waals surface area (Å²) in [7, 11) is 0. The molecule has 1 aliphatic rings. The highest BCUT2D eigenvalue weighted by molar-refractivity contribution is 7.10. The molecule has 2 atom stereocenters. The zero-order valence-corrected chi connectivity index (χ0v) is 12.0. The number of rotatable bonds is 2. The molecule has 0 saturated carbocycles. The topological polar surface area (TPSA) is 23.5 Å². The maximum absolute atomic E-state index is 8.77. The number of aliphatic hydroxyl groups is 1. The highest BCUT2D eigenvalue weighted by Crippen LogP contribution is 2.25. The molecule has 0 amide bonds. The molecule has 1 aromatic rings. The average Bonchev–Trinajstić information content (AvgIpc) is 2.72. The van der Waals surface area contributed by atoms with Crippen molar-refractivity contribution in [2.24, 2.45) is 11.8 Å². The lowest BCUT2D eigenvalue weighted by molar-refractivity contribution is 0.135. The number of likely N-dealkylation sites (tertiary alicyclic amines) is 1. The van der Waals surface area contributed by atoms with E-state index in [0.29, 0.717) is 0 Å². The minimum absolute atomic E-state index is 0.0624. The summed E-state index contributed by atoms with van der Waals surface area (Å²) in [6, 6.07) is 2.06. The van der Waals surface area contributed by atoms with Gasteiger partial charge in [0.2, 0.25) is 0 Å². The molecular formula is C15H21NOS. The van der Waals surface area contributed by atoms with E-state index in [1.54, 1.807) is 11.3 Å². The zero-order chi connectivity index (χ0) is 13.0. The SMILES string of the molecule is CC1CC(C)CN(Cc2sccc2C#CCO)C1. The molecular weight excluding hydrogens is 242 g/mol. The van der Waals surface area contributed by atoms with Crippen LogP contribution in [0.2, 0.25) is 0 Å². The van der Waals surface area contributed by atoms with Crippen LogP contribution in [0.1, 0.15) is 30.7 Å². The molecule has 3 heteroatoms. The Kier molecular flexibility index (Phi) is 4.82. The van der Waals surface area contributed by atoms with Gasteiger partial charge >= 0.3 is 0 Å². The molecule has 1 aromatic heterocycles. The van der Waals surface area contributed by atoms with E-state index in [1.165, 1.54) is 24.4 Å². The van der Waals surface area contributed by atoms with Gasteiger partial charge < -0.3 is 5.11 Å². The molecule has 2 unspecified atom stereocenters. The van der Waals surface area contributed by atoms with Gasteiger partial charge in [0, 0.05) is 30.1 Å². The number of nitrogens with zero attached hydrogens (tertiary/aromatic N) is 1. The normalized spacial score (nSPS) is 24.6. The Labute approximate surface area is 114 Å². The van der Waals surface area contributed by atoms with E-state index in [9.17, 15) is 0 Å². The van der Waals surface area contributed by atoms with E-state index < -0.39 is 0 Å². The first kappa shape index (κ1) is 13.6. The Hall–Kier alpha value is -0.820. The summed E-state index contributed by atoms with van der Waals surface area (Å²) in [6.45, 7) is 7.99. The molecule has 1 aliphatic heterocycles. The Morgan fingerprint density at radius 3 is 2.78 bits per heavy atom. The summed E-state index contributed by atoms with van der Waals surface area (Å²) in [5.41, 5.74) is 1.08. The third kappa shape index (κ3) is 3.58. The minimum atomic E-state index is -0.0624. The number of hydrogen-bond donors (Lipinski definition) is 1. The van der Waals surface area contributed by atoms with E-state index in [0.717, 1.165) is 23.9 Å². The van der Waals surface area contributed by atoms with Crippen LogP contribution < -0.4 is 0 Å². The monoisotopic (exact) mass is 263 g/mol. The Bertz CT molecular complexity index is 433. The third-order valence-electron chi connectivity index (χ3n) is 3.36. The maximum atomic E-state index is 8.77. The van der Waals surface area contributed by atoms with E-state index in [1.807, 2.05) is 0 Å². The van der Waals surface area contributed by atoms with Crippen molar-refractivity contribution in [3.63, 3.8) is 0 Å². The number of thiophene rings is 1.